The van der Waals surface area contributed by atoms with E-state index in [4.69, 9.17) is 9.47 Å². The predicted molar refractivity (Wildman–Crippen MR) is 129 cm³/mol. The molecule has 1 aliphatic rings. The molecule has 2 aromatic rings. The Morgan fingerprint density at radius 3 is 2.38 bits per heavy atom. The van der Waals surface area contributed by atoms with Crippen LogP contribution in [0, 0.1) is 0 Å². The van der Waals surface area contributed by atoms with Crippen molar-refractivity contribution in [1.29, 1.82) is 0 Å². The summed E-state index contributed by atoms with van der Waals surface area (Å²) in [7, 11) is 3.22. The molecule has 1 amide bonds. The molecule has 0 aromatic heterocycles. The highest BCUT2D eigenvalue weighted by atomic mass is 16.5. The average Bonchev–Trinajstić information content (AvgIpc) is 3.33. The highest BCUT2D eigenvalue weighted by molar-refractivity contribution is 5.75. The Bertz CT molecular complexity index is 787. The van der Waals surface area contributed by atoms with Crippen molar-refractivity contribution < 1.29 is 19.4 Å². The Labute approximate surface area is 191 Å². The Kier molecular flexibility index (Phi) is 12.0. The first-order chi connectivity index (χ1) is 15.6. The molecule has 6 nitrogen and oxygen atoms in total. The molecule has 174 valence electrons. The summed E-state index contributed by atoms with van der Waals surface area (Å²) in [5, 5.41) is 12.4. The van der Waals surface area contributed by atoms with Gasteiger partial charge in [0.2, 0.25) is 5.91 Å². The minimum atomic E-state index is -0.229. The van der Waals surface area contributed by atoms with E-state index < -0.39 is 0 Å². The van der Waals surface area contributed by atoms with Gasteiger partial charge in [0.1, 0.15) is 11.5 Å². The number of carbonyl (C=O) groups is 1. The number of nitrogens with one attached hydrogen (secondary N) is 1. The Balaban J connectivity index is 0.000000229. The molecule has 3 rings (SSSR count). The number of likely N-dealkylation sites (tertiary alicyclic amines) is 1. The maximum absolute atomic E-state index is 10.9. The second kappa shape index (κ2) is 15.1. The van der Waals surface area contributed by atoms with Crippen LogP contribution >= 0.6 is 0 Å². The summed E-state index contributed by atoms with van der Waals surface area (Å²) in [6.07, 6.45) is 7.59. The van der Waals surface area contributed by atoms with Crippen LogP contribution < -0.4 is 14.8 Å². The first-order valence-electron chi connectivity index (χ1n) is 11.2. The molecule has 1 fully saturated rings. The summed E-state index contributed by atoms with van der Waals surface area (Å²) in [6, 6.07) is 17.5. The highest BCUT2D eigenvalue weighted by Gasteiger charge is 2.14. The number of β-amino-alcohol motifs (C(OH)–C–C–N with tert-alkyl or cyclic N) is 1. The zero-order valence-electron chi connectivity index (χ0n) is 19.2. The van der Waals surface area contributed by atoms with Crippen LogP contribution in [0.15, 0.2) is 60.7 Å². The lowest BCUT2D eigenvalue weighted by Crippen LogP contribution is -2.29. The number of hydrogen-bond acceptors (Lipinski definition) is 5. The molecular formula is C26H36N2O4. The highest BCUT2D eigenvalue weighted by Crippen LogP contribution is 2.17. The fourth-order valence-corrected chi connectivity index (χ4v) is 3.32. The SMILES string of the molecule is CNC(=O)CCOc1ccc(OC)cc1.OC(C/C=C/c1ccccc1)CN1CCCC1. The maximum atomic E-state index is 10.9. The molecule has 1 saturated heterocycles. The van der Waals surface area contributed by atoms with E-state index in [1.54, 1.807) is 14.2 Å². The van der Waals surface area contributed by atoms with Crippen LogP contribution in [-0.2, 0) is 4.79 Å². The number of benzene rings is 2. The van der Waals surface area contributed by atoms with Crippen LogP contribution in [0.25, 0.3) is 6.08 Å². The summed E-state index contributed by atoms with van der Waals surface area (Å²) in [4.78, 5) is 13.2. The van der Waals surface area contributed by atoms with E-state index in [9.17, 15) is 9.90 Å². The van der Waals surface area contributed by atoms with Gasteiger partial charge in [-0.1, -0.05) is 42.5 Å². The maximum Gasteiger partial charge on any atom is 0.223 e. The van der Waals surface area contributed by atoms with Gasteiger partial charge >= 0.3 is 0 Å². The number of nitrogens with zero attached hydrogens (tertiary/aromatic N) is 1. The molecule has 1 unspecified atom stereocenters. The molecule has 0 bridgehead atoms. The fraction of sp³-hybridized carbons (Fsp3) is 0.423. The molecular weight excluding hydrogens is 404 g/mol. The van der Waals surface area contributed by atoms with Crippen LogP contribution in [0.5, 0.6) is 11.5 Å². The number of hydrogen-bond donors (Lipinski definition) is 2. The van der Waals surface area contributed by atoms with Gasteiger partial charge in [-0.3, -0.25) is 4.79 Å². The molecule has 2 aromatic carbocycles. The summed E-state index contributed by atoms with van der Waals surface area (Å²) in [5.41, 5.74) is 1.20. The molecule has 1 aliphatic heterocycles. The van der Waals surface area contributed by atoms with E-state index >= 15 is 0 Å². The first-order valence-corrected chi connectivity index (χ1v) is 11.2. The molecule has 1 heterocycles. The van der Waals surface area contributed by atoms with Crippen molar-refractivity contribution >= 4 is 12.0 Å². The van der Waals surface area contributed by atoms with Gasteiger partial charge in [-0.05, 0) is 62.2 Å². The van der Waals surface area contributed by atoms with Crippen molar-refractivity contribution in [2.45, 2.75) is 31.8 Å². The molecule has 0 spiro atoms. The number of ether oxygens (including phenoxy) is 2. The van der Waals surface area contributed by atoms with Crippen molar-refractivity contribution in [3.63, 3.8) is 0 Å². The summed E-state index contributed by atoms with van der Waals surface area (Å²) < 4.78 is 10.4. The minimum absolute atomic E-state index is 0.0245. The second-order valence-electron chi connectivity index (χ2n) is 7.66. The van der Waals surface area contributed by atoms with Gasteiger partial charge in [0.15, 0.2) is 0 Å². The molecule has 0 aliphatic carbocycles. The first kappa shape index (κ1) is 25.4. The van der Waals surface area contributed by atoms with E-state index in [-0.39, 0.29) is 12.0 Å². The van der Waals surface area contributed by atoms with Crippen molar-refractivity contribution in [1.82, 2.24) is 10.2 Å². The smallest absolute Gasteiger partial charge is 0.223 e. The summed E-state index contributed by atoms with van der Waals surface area (Å²) in [5.74, 6) is 1.50. The lowest BCUT2D eigenvalue weighted by atomic mass is 10.1. The van der Waals surface area contributed by atoms with E-state index in [0.29, 0.717) is 13.0 Å². The van der Waals surface area contributed by atoms with Crippen LogP contribution in [0.1, 0.15) is 31.2 Å². The zero-order chi connectivity index (χ0) is 23.0. The van der Waals surface area contributed by atoms with Gasteiger partial charge in [-0.15, -0.1) is 0 Å². The van der Waals surface area contributed by atoms with Gasteiger partial charge in [-0.25, -0.2) is 0 Å². The van der Waals surface area contributed by atoms with Crippen molar-refractivity contribution in [3.05, 3.63) is 66.2 Å². The Hall–Kier alpha value is -2.83. The number of amides is 1. The molecule has 2 N–H and O–H groups in total. The summed E-state index contributed by atoms with van der Waals surface area (Å²) >= 11 is 0. The zero-order valence-corrected chi connectivity index (χ0v) is 19.2. The standard InChI is InChI=1S/C15H21NO.C11H15NO3/c17-15(13-16-11-4-5-12-16)10-6-9-14-7-2-1-3-8-14;1-12-11(13)7-8-15-10-5-3-9(14-2)4-6-10/h1-3,6-9,15,17H,4-5,10-13H2;3-6H,7-8H2,1-2H3,(H,12,13)/b9-6+;. The predicted octanol–water partition coefficient (Wildman–Crippen LogP) is 3.76. The van der Waals surface area contributed by atoms with E-state index in [0.717, 1.165) is 37.6 Å². The van der Waals surface area contributed by atoms with Gasteiger partial charge in [0.25, 0.3) is 0 Å². The molecule has 0 saturated carbocycles. The van der Waals surface area contributed by atoms with Gasteiger partial charge in [-0.2, -0.15) is 0 Å². The Morgan fingerprint density at radius 1 is 1.09 bits per heavy atom. The lowest BCUT2D eigenvalue weighted by molar-refractivity contribution is -0.121. The number of methoxy groups -OCH3 is 1. The normalized spacial score (nSPS) is 14.5. The van der Waals surface area contributed by atoms with E-state index in [1.165, 1.54) is 18.4 Å². The van der Waals surface area contributed by atoms with Crippen LogP contribution in [0.4, 0.5) is 0 Å². The average molecular weight is 441 g/mol. The molecule has 6 heteroatoms. The number of carbonyl (C=O) groups excluding carboxylic acids is 1. The van der Waals surface area contributed by atoms with Crippen molar-refractivity contribution in [2.75, 3.05) is 40.4 Å². The minimum Gasteiger partial charge on any atom is -0.497 e. The third-order valence-electron chi connectivity index (χ3n) is 5.12. The lowest BCUT2D eigenvalue weighted by Gasteiger charge is -2.17. The van der Waals surface area contributed by atoms with E-state index in [1.807, 2.05) is 42.5 Å². The second-order valence-corrected chi connectivity index (χ2v) is 7.66. The summed E-state index contributed by atoms with van der Waals surface area (Å²) in [6.45, 7) is 3.50. The topological polar surface area (TPSA) is 71.0 Å². The van der Waals surface area contributed by atoms with Crippen LogP contribution in [0.2, 0.25) is 0 Å². The number of aliphatic hydroxyl groups excluding tert-OH is 1. The van der Waals surface area contributed by atoms with Crippen LogP contribution in [-0.4, -0.2) is 62.4 Å². The number of aliphatic hydroxyl groups is 1. The monoisotopic (exact) mass is 440 g/mol. The number of rotatable bonds is 10. The third kappa shape index (κ3) is 10.5. The molecule has 1 atom stereocenters. The van der Waals surface area contributed by atoms with Gasteiger partial charge in [0.05, 0.1) is 26.2 Å². The van der Waals surface area contributed by atoms with Crippen molar-refractivity contribution in [3.8, 4) is 11.5 Å². The van der Waals surface area contributed by atoms with Crippen molar-refractivity contribution in [2.24, 2.45) is 0 Å². The third-order valence-corrected chi connectivity index (χ3v) is 5.12. The quantitative estimate of drug-likeness (QED) is 0.589. The molecule has 32 heavy (non-hydrogen) atoms. The van der Waals surface area contributed by atoms with Gasteiger partial charge in [0, 0.05) is 13.6 Å². The van der Waals surface area contributed by atoms with E-state index in [2.05, 4.69) is 34.5 Å². The fourth-order valence-electron chi connectivity index (χ4n) is 3.32. The van der Waals surface area contributed by atoms with Gasteiger partial charge < -0.3 is 24.8 Å². The molecule has 0 radical (unpaired) electrons. The Morgan fingerprint density at radius 2 is 1.75 bits per heavy atom. The van der Waals surface area contributed by atoms with Crippen LogP contribution in [0.3, 0.4) is 0 Å². The largest absolute Gasteiger partial charge is 0.497 e.